The number of aryl methyl sites for hydroxylation is 2. The highest BCUT2D eigenvalue weighted by molar-refractivity contribution is 5.74. The van der Waals surface area contributed by atoms with E-state index in [-0.39, 0.29) is 11.9 Å². The molecule has 1 aromatic carbocycles. The van der Waals surface area contributed by atoms with E-state index in [0.717, 1.165) is 19.6 Å². The molecule has 1 saturated heterocycles. The molecule has 92 valence electrons. The molecule has 1 atom stereocenters. The molecule has 0 radical (unpaired) electrons. The van der Waals surface area contributed by atoms with Crippen LogP contribution in [0, 0.1) is 13.8 Å². The summed E-state index contributed by atoms with van der Waals surface area (Å²) in [5, 5.41) is 3.37. The van der Waals surface area contributed by atoms with Crippen molar-refractivity contribution in [3.8, 4) is 0 Å². The molecule has 17 heavy (non-hydrogen) atoms. The third kappa shape index (κ3) is 2.50. The van der Waals surface area contributed by atoms with Crippen LogP contribution in [-0.2, 0) is 4.79 Å². The number of nitrogens with zero attached hydrogens (tertiary/aromatic N) is 1. The van der Waals surface area contributed by atoms with Gasteiger partial charge in [0.2, 0.25) is 5.91 Å². The van der Waals surface area contributed by atoms with Gasteiger partial charge in [-0.05, 0) is 25.0 Å². The van der Waals surface area contributed by atoms with Crippen molar-refractivity contribution < 1.29 is 4.79 Å². The Morgan fingerprint density at radius 2 is 2.18 bits per heavy atom. The van der Waals surface area contributed by atoms with Gasteiger partial charge in [0.15, 0.2) is 0 Å². The summed E-state index contributed by atoms with van der Waals surface area (Å²) in [6.45, 7) is 8.41. The average Bonchev–Trinajstić information content (AvgIpc) is 2.29. The van der Waals surface area contributed by atoms with Crippen molar-refractivity contribution in [2.75, 3.05) is 19.6 Å². The van der Waals surface area contributed by atoms with Gasteiger partial charge in [0.05, 0.1) is 6.04 Å². The van der Waals surface area contributed by atoms with E-state index in [2.05, 4.69) is 37.4 Å². The van der Waals surface area contributed by atoms with Gasteiger partial charge >= 0.3 is 0 Å². The predicted molar refractivity (Wildman–Crippen MR) is 68.9 cm³/mol. The van der Waals surface area contributed by atoms with Crippen LogP contribution in [0.15, 0.2) is 18.2 Å². The van der Waals surface area contributed by atoms with Crippen LogP contribution >= 0.6 is 0 Å². The van der Waals surface area contributed by atoms with Crippen LogP contribution in [-0.4, -0.2) is 30.4 Å². The molecular weight excluding hydrogens is 212 g/mol. The maximum absolute atomic E-state index is 11.7. The number of piperazine rings is 1. The Hall–Kier alpha value is -1.35. The second-order valence-electron chi connectivity index (χ2n) is 4.79. The lowest BCUT2D eigenvalue weighted by molar-refractivity contribution is -0.132. The largest absolute Gasteiger partial charge is 0.333 e. The van der Waals surface area contributed by atoms with Crippen molar-refractivity contribution in [3.05, 3.63) is 34.9 Å². The zero-order valence-corrected chi connectivity index (χ0v) is 10.8. The lowest BCUT2D eigenvalue weighted by atomic mass is 9.97. The van der Waals surface area contributed by atoms with Gasteiger partial charge in [-0.3, -0.25) is 4.79 Å². The molecule has 2 rings (SSSR count). The van der Waals surface area contributed by atoms with E-state index < -0.39 is 0 Å². The van der Waals surface area contributed by atoms with Crippen LogP contribution in [0.2, 0.25) is 0 Å². The predicted octanol–water partition coefficient (Wildman–Crippen LogP) is 1.80. The molecule has 3 heteroatoms. The highest BCUT2D eigenvalue weighted by atomic mass is 16.2. The summed E-state index contributed by atoms with van der Waals surface area (Å²) in [4.78, 5) is 13.6. The normalized spacial score (nSPS) is 20.4. The van der Waals surface area contributed by atoms with Crippen molar-refractivity contribution in [2.45, 2.75) is 26.8 Å². The summed E-state index contributed by atoms with van der Waals surface area (Å²) >= 11 is 0. The number of carbonyl (C=O) groups excluding carboxylic acids is 1. The average molecular weight is 232 g/mol. The molecule has 1 fully saturated rings. The quantitative estimate of drug-likeness (QED) is 0.800. The Morgan fingerprint density at radius 1 is 1.41 bits per heavy atom. The Bertz CT molecular complexity index is 428. The fraction of sp³-hybridized carbons (Fsp3) is 0.500. The first-order valence-corrected chi connectivity index (χ1v) is 6.14. The summed E-state index contributed by atoms with van der Waals surface area (Å²) in [5.41, 5.74) is 3.80. The van der Waals surface area contributed by atoms with Gasteiger partial charge in [-0.2, -0.15) is 0 Å². The number of hydrogen-bond donors (Lipinski definition) is 1. The number of amides is 1. The van der Waals surface area contributed by atoms with Crippen LogP contribution in [0.3, 0.4) is 0 Å². The number of carbonyl (C=O) groups is 1. The van der Waals surface area contributed by atoms with E-state index in [4.69, 9.17) is 0 Å². The molecule has 1 unspecified atom stereocenters. The third-order valence-electron chi connectivity index (χ3n) is 3.43. The van der Waals surface area contributed by atoms with E-state index in [1.165, 1.54) is 16.7 Å². The van der Waals surface area contributed by atoms with E-state index in [1.807, 2.05) is 4.90 Å². The number of benzene rings is 1. The summed E-state index contributed by atoms with van der Waals surface area (Å²) < 4.78 is 0. The van der Waals surface area contributed by atoms with Gasteiger partial charge in [0.25, 0.3) is 0 Å². The fourth-order valence-corrected chi connectivity index (χ4v) is 2.56. The molecule has 0 saturated carbocycles. The second kappa shape index (κ2) is 4.88. The minimum absolute atomic E-state index is 0.163. The van der Waals surface area contributed by atoms with Gasteiger partial charge in [0, 0.05) is 26.6 Å². The maximum atomic E-state index is 11.7. The third-order valence-corrected chi connectivity index (χ3v) is 3.43. The second-order valence-corrected chi connectivity index (χ2v) is 4.79. The zero-order valence-electron chi connectivity index (χ0n) is 10.8. The van der Waals surface area contributed by atoms with Crippen molar-refractivity contribution >= 4 is 5.91 Å². The smallest absolute Gasteiger partial charge is 0.220 e. The monoisotopic (exact) mass is 232 g/mol. The molecule has 1 amide bonds. The minimum Gasteiger partial charge on any atom is -0.333 e. The first-order chi connectivity index (χ1) is 8.09. The molecule has 1 heterocycles. The Balaban J connectivity index is 2.32. The van der Waals surface area contributed by atoms with E-state index in [9.17, 15) is 4.79 Å². The standard InChI is InChI=1S/C14H20N2O/c1-10-4-5-13(11(2)8-10)14-9-15-6-7-16(14)12(3)17/h4-5,8,14-15H,6-7,9H2,1-3H3. The Labute approximate surface area is 103 Å². The molecule has 0 bridgehead atoms. The molecule has 1 aliphatic heterocycles. The van der Waals surface area contributed by atoms with E-state index in [0.29, 0.717) is 0 Å². The first kappa shape index (κ1) is 12.1. The minimum atomic E-state index is 0.163. The summed E-state index contributed by atoms with van der Waals surface area (Å²) in [6, 6.07) is 6.64. The molecule has 0 aliphatic carbocycles. The Morgan fingerprint density at radius 3 is 2.82 bits per heavy atom. The van der Waals surface area contributed by atoms with Gasteiger partial charge in [0.1, 0.15) is 0 Å². The van der Waals surface area contributed by atoms with Crippen LogP contribution in [0.25, 0.3) is 0 Å². The first-order valence-electron chi connectivity index (χ1n) is 6.14. The van der Waals surface area contributed by atoms with Crippen molar-refractivity contribution in [3.63, 3.8) is 0 Å². The summed E-state index contributed by atoms with van der Waals surface area (Å²) in [7, 11) is 0. The van der Waals surface area contributed by atoms with Gasteiger partial charge < -0.3 is 10.2 Å². The van der Waals surface area contributed by atoms with Crippen molar-refractivity contribution in [1.82, 2.24) is 10.2 Å². The number of rotatable bonds is 1. The van der Waals surface area contributed by atoms with Crippen molar-refractivity contribution in [1.29, 1.82) is 0 Å². The van der Waals surface area contributed by atoms with Gasteiger partial charge in [-0.15, -0.1) is 0 Å². The topological polar surface area (TPSA) is 32.3 Å². The fourth-order valence-electron chi connectivity index (χ4n) is 2.56. The summed E-state index contributed by atoms with van der Waals surface area (Å²) in [5.74, 6) is 0.163. The van der Waals surface area contributed by atoms with Crippen LogP contribution in [0.1, 0.15) is 29.7 Å². The molecule has 3 nitrogen and oxygen atoms in total. The molecule has 1 aromatic rings. The van der Waals surface area contributed by atoms with Crippen LogP contribution in [0.4, 0.5) is 0 Å². The maximum Gasteiger partial charge on any atom is 0.220 e. The number of nitrogens with one attached hydrogen (secondary N) is 1. The Kier molecular flexibility index (Phi) is 3.48. The van der Waals surface area contributed by atoms with Crippen LogP contribution in [0.5, 0.6) is 0 Å². The SMILES string of the molecule is CC(=O)N1CCNCC1c1ccc(C)cc1C. The van der Waals surface area contributed by atoms with E-state index in [1.54, 1.807) is 6.92 Å². The van der Waals surface area contributed by atoms with E-state index >= 15 is 0 Å². The molecular formula is C14H20N2O. The molecule has 1 N–H and O–H groups in total. The zero-order chi connectivity index (χ0) is 12.4. The lowest BCUT2D eigenvalue weighted by Gasteiger charge is -2.36. The number of hydrogen-bond acceptors (Lipinski definition) is 2. The highest BCUT2D eigenvalue weighted by Crippen LogP contribution is 2.25. The molecule has 0 aromatic heterocycles. The van der Waals surface area contributed by atoms with Gasteiger partial charge in [-0.1, -0.05) is 23.8 Å². The highest BCUT2D eigenvalue weighted by Gasteiger charge is 2.26. The van der Waals surface area contributed by atoms with Crippen LogP contribution < -0.4 is 5.32 Å². The molecule has 1 aliphatic rings. The van der Waals surface area contributed by atoms with Gasteiger partial charge in [-0.25, -0.2) is 0 Å². The lowest BCUT2D eigenvalue weighted by Crippen LogP contribution is -2.48. The molecule has 0 spiro atoms. The summed E-state index contributed by atoms with van der Waals surface area (Å²) in [6.07, 6.45) is 0. The van der Waals surface area contributed by atoms with Crippen molar-refractivity contribution in [2.24, 2.45) is 0 Å².